The van der Waals surface area contributed by atoms with Crippen molar-refractivity contribution in [1.29, 1.82) is 0 Å². The lowest BCUT2D eigenvalue weighted by Crippen LogP contribution is -2.32. The topological polar surface area (TPSA) is 43.8 Å². The van der Waals surface area contributed by atoms with Crippen LogP contribution in [0.15, 0.2) is 0 Å². The first-order chi connectivity index (χ1) is 8.58. The van der Waals surface area contributed by atoms with Gasteiger partial charge in [-0.05, 0) is 19.3 Å². The average Bonchev–Trinajstić information content (AvgIpc) is 2.68. The van der Waals surface area contributed by atoms with Gasteiger partial charge in [-0.2, -0.15) is 5.10 Å². The molecule has 0 aromatic carbocycles. The molecular weight excluding hydrogens is 246 g/mol. The molecule has 1 heterocycles. The fourth-order valence-corrected chi connectivity index (χ4v) is 2.84. The van der Waals surface area contributed by atoms with Gasteiger partial charge in [-0.15, -0.1) is 0 Å². The van der Waals surface area contributed by atoms with Crippen LogP contribution in [-0.4, -0.2) is 15.8 Å². The molecule has 3 nitrogen and oxygen atoms in total. The summed E-state index contributed by atoms with van der Waals surface area (Å²) < 4.78 is 2.00. The second-order valence-corrected chi connectivity index (χ2v) is 5.20. The second-order valence-electron chi connectivity index (χ2n) is 4.82. The maximum Gasteiger partial charge on any atom is 0.0850 e. The highest BCUT2D eigenvalue weighted by Gasteiger charge is 2.20. The van der Waals surface area contributed by atoms with E-state index in [0.29, 0.717) is 5.92 Å². The highest BCUT2D eigenvalue weighted by atomic mass is 35.5. The van der Waals surface area contributed by atoms with Gasteiger partial charge in [-0.3, -0.25) is 4.68 Å². The minimum Gasteiger partial charge on any atom is -0.327 e. The van der Waals surface area contributed by atoms with Gasteiger partial charge in [0.05, 0.1) is 16.4 Å². The van der Waals surface area contributed by atoms with E-state index in [9.17, 15) is 0 Å². The van der Waals surface area contributed by atoms with Crippen LogP contribution in [-0.2, 0) is 19.4 Å². The van der Waals surface area contributed by atoms with Gasteiger partial charge in [0, 0.05) is 19.0 Å². The van der Waals surface area contributed by atoms with Crippen molar-refractivity contribution < 1.29 is 0 Å². The summed E-state index contributed by atoms with van der Waals surface area (Å²) in [5, 5.41) is 5.36. The standard InChI is InChI=1S/C14H26ClN3/c1-5-10(6-2)11(16)9-13-14(15)12(7-3)17-18(13)8-4/h10-11H,5-9,16H2,1-4H3. The van der Waals surface area contributed by atoms with Crippen LogP contribution in [0.4, 0.5) is 0 Å². The molecule has 0 bridgehead atoms. The van der Waals surface area contributed by atoms with Gasteiger partial charge in [0.25, 0.3) is 0 Å². The Morgan fingerprint density at radius 1 is 1.22 bits per heavy atom. The third kappa shape index (κ3) is 3.27. The molecule has 0 aliphatic heterocycles. The lowest BCUT2D eigenvalue weighted by molar-refractivity contribution is 0.386. The first-order valence-corrected chi connectivity index (χ1v) is 7.46. The summed E-state index contributed by atoms with van der Waals surface area (Å²) in [6, 6.07) is 0.171. The Morgan fingerprint density at radius 3 is 2.28 bits per heavy atom. The minimum absolute atomic E-state index is 0.171. The lowest BCUT2D eigenvalue weighted by Gasteiger charge is -2.21. The first-order valence-electron chi connectivity index (χ1n) is 7.08. The Kier molecular flexibility index (Phi) is 6.16. The van der Waals surface area contributed by atoms with Crippen molar-refractivity contribution in [3.8, 4) is 0 Å². The van der Waals surface area contributed by atoms with Gasteiger partial charge in [-0.1, -0.05) is 45.2 Å². The largest absolute Gasteiger partial charge is 0.327 e. The van der Waals surface area contributed by atoms with E-state index in [0.717, 1.165) is 48.6 Å². The van der Waals surface area contributed by atoms with Crippen molar-refractivity contribution in [3.05, 3.63) is 16.4 Å². The molecule has 1 atom stereocenters. The molecule has 18 heavy (non-hydrogen) atoms. The molecule has 0 aliphatic rings. The number of halogens is 1. The normalized spacial score (nSPS) is 13.3. The maximum absolute atomic E-state index is 6.40. The zero-order chi connectivity index (χ0) is 13.7. The molecule has 0 amide bonds. The van der Waals surface area contributed by atoms with E-state index in [-0.39, 0.29) is 6.04 Å². The molecule has 1 aromatic rings. The molecule has 4 heteroatoms. The predicted octanol–water partition coefficient (Wildman–Crippen LogP) is 3.42. The number of hydrogen-bond acceptors (Lipinski definition) is 2. The Hall–Kier alpha value is -0.540. The summed E-state index contributed by atoms with van der Waals surface area (Å²) in [7, 11) is 0. The zero-order valence-corrected chi connectivity index (χ0v) is 12.8. The van der Waals surface area contributed by atoms with Crippen LogP contribution in [0.2, 0.25) is 5.02 Å². The van der Waals surface area contributed by atoms with Crippen LogP contribution >= 0.6 is 11.6 Å². The SMILES string of the molecule is CCc1nn(CC)c(CC(N)C(CC)CC)c1Cl. The molecule has 0 spiro atoms. The van der Waals surface area contributed by atoms with E-state index in [4.69, 9.17) is 17.3 Å². The summed E-state index contributed by atoms with van der Waals surface area (Å²) >= 11 is 6.40. The molecule has 2 N–H and O–H groups in total. The molecule has 0 fully saturated rings. The molecule has 1 unspecified atom stereocenters. The first kappa shape index (κ1) is 15.5. The number of aromatic nitrogens is 2. The summed E-state index contributed by atoms with van der Waals surface area (Å²) in [4.78, 5) is 0. The van der Waals surface area contributed by atoms with Gasteiger partial charge in [0.2, 0.25) is 0 Å². The smallest absolute Gasteiger partial charge is 0.0850 e. The third-order valence-corrected chi connectivity index (χ3v) is 4.21. The van der Waals surface area contributed by atoms with Crippen molar-refractivity contribution in [2.45, 2.75) is 66.0 Å². The van der Waals surface area contributed by atoms with Gasteiger partial charge in [-0.25, -0.2) is 0 Å². The highest BCUT2D eigenvalue weighted by Crippen LogP contribution is 2.25. The highest BCUT2D eigenvalue weighted by molar-refractivity contribution is 6.31. The number of nitrogens with zero attached hydrogens (tertiary/aromatic N) is 2. The Bertz CT molecular complexity index is 369. The zero-order valence-electron chi connectivity index (χ0n) is 12.0. The molecular formula is C14H26ClN3. The average molecular weight is 272 g/mol. The Morgan fingerprint density at radius 2 is 1.83 bits per heavy atom. The predicted molar refractivity (Wildman–Crippen MR) is 78.0 cm³/mol. The second kappa shape index (κ2) is 7.15. The van der Waals surface area contributed by atoms with Gasteiger partial charge in [0.15, 0.2) is 0 Å². The van der Waals surface area contributed by atoms with Crippen LogP contribution in [0, 0.1) is 5.92 Å². The number of rotatable bonds is 7. The van der Waals surface area contributed by atoms with Crippen molar-refractivity contribution in [1.82, 2.24) is 9.78 Å². The van der Waals surface area contributed by atoms with Crippen LogP contribution < -0.4 is 5.73 Å². The third-order valence-electron chi connectivity index (χ3n) is 3.78. The number of nitrogens with two attached hydrogens (primary N) is 1. The minimum atomic E-state index is 0.171. The molecule has 0 saturated heterocycles. The van der Waals surface area contributed by atoms with Crippen molar-refractivity contribution in [2.75, 3.05) is 0 Å². The van der Waals surface area contributed by atoms with Crippen molar-refractivity contribution >= 4 is 11.6 Å². The fourth-order valence-electron chi connectivity index (χ4n) is 2.50. The van der Waals surface area contributed by atoms with E-state index < -0.39 is 0 Å². The van der Waals surface area contributed by atoms with Crippen molar-refractivity contribution in [3.63, 3.8) is 0 Å². The Labute approximate surface area is 116 Å². The summed E-state index contributed by atoms with van der Waals surface area (Å²) in [6.45, 7) is 9.42. The van der Waals surface area contributed by atoms with Crippen LogP contribution in [0.5, 0.6) is 0 Å². The van der Waals surface area contributed by atoms with Gasteiger partial charge in [0.1, 0.15) is 0 Å². The summed E-state index contributed by atoms with van der Waals surface area (Å²) in [6.07, 6.45) is 3.94. The monoisotopic (exact) mass is 271 g/mol. The van der Waals surface area contributed by atoms with Crippen LogP contribution in [0.1, 0.15) is 51.9 Å². The van der Waals surface area contributed by atoms with E-state index in [1.54, 1.807) is 0 Å². The molecule has 0 radical (unpaired) electrons. The summed E-state index contributed by atoms with van der Waals surface area (Å²) in [5.74, 6) is 0.561. The maximum atomic E-state index is 6.40. The van der Waals surface area contributed by atoms with Gasteiger partial charge < -0.3 is 5.73 Å². The van der Waals surface area contributed by atoms with E-state index in [2.05, 4.69) is 32.8 Å². The van der Waals surface area contributed by atoms with Crippen LogP contribution in [0.3, 0.4) is 0 Å². The molecule has 1 aromatic heterocycles. The van der Waals surface area contributed by atoms with E-state index >= 15 is 0 Å². The lowest BCUT2D eigenvalue weighted by atomic mass is 9.91. The van der Waals surface area contributed by atoms with Crippen molar-refractivity contribution in [2.24, 2.45) is 11.7 Å². The summed E-state index contributed by atoms with van der Waals surface area (Å²) in [5.41, 5.74) is 8.41. The molecule has 104 valence electrons. The number of aryl methyl sites for hydroxylation is 2. The quantitative estimate of drug-likeness (QED) is 0.826. The Balaban J connectivity index is 2.92. The molecule has 0 saturated carbocycles. The van der Waals surface area contributed by atoms with Crippen LogP contribution in [0.25, 0.3) is 0 Å². The number of hydrogen-bond donors (Lipinski definition) is 1. The van der Waals surface area contributed by atoms with E-state index in [1.165, 1.54) is 0 Å². The fraction of sp³-hybridized carbons (Fsp3) is 0.786. The molecule has 0 aliphatic carbocycles. The molecule has 1 rings (SSSR count). The van der Waals surface area contributed by atoms with Gasteiger partial charge >= 0.3 is 0 Å². The van der Waals surface area contributed by atoms with E-state index in [1.807, 2.05) is 4.68 Å².